The van der Waals surface area contributed by atoms with Gasteiger partial charge in [-0.05, 0) is 94.5 Å². The summed E-state index contributed by atoms with van der Waals surface area (Å²) in [6.45, 7) is 18.1. The van der Waals surface area contributed by atoms with E-state index in [0.29, 0.717) is 11.8 Å². The van der Waals surface area contributed by atoms with Gasteiger partial charge in [-0.25, -0.2) is 4.98 Å². The molecule has 0 fully saturated rings. The predicted molar refractivity (Wildman–Crippen MR) is 179 cm³/mol. The topological polar surface area (TPSA) is 30.7 Å². The Bertz CT molecular complexity index is 1890. The Balaban J connectivity index is 1.72. The lowest BCUT2D eigenvalue weighted by molar-refractivity contribution is 0.594. The zero-order chi connectivity index (χ0) is 29.8. The molecule has 0 spiro atoms. The summed E-state index contributed by atoms with van der Waals surface area (Å²) in [6, 6.07) is 33.0. The fraction of sp³-hybridized carbons (Fsp3) is 0.282. The van der Waals surface area contributed by atoms with Gasteiger partial charge in [-0.3, -0.25) is 9.55 Å². The monoisotopic (exact) mass is 551 g/mol. The fourth-order valence-electron chi connectivity index (χ4n) is 6.10. The molecule has 3 heteroatoms. The largest absolute Gasteiger partial charge is 0.292 e. The molecule has 42 heavy (non-hydrogen) atoms. The Labute approximate surface area is 250 Å². The minimum absolute atomic E-state index is 0.0740. The van der Waals surface area contributed by atoms with E-state index in [1.807, 2.05) is 0 Å². The first-order valence-electron chi connectivity index (χ1n) is 15.2. The van der Waals surface area contributed by atoms with Crippen molar-refractivity contribution in [3.05, 3.63) is 113 Å². The number of imidazole rings is 1. The number of hydrogen-bond donors (Lipinski definition) is 0. The number of fused-ring (bicyclic) bond motifs is 2. The van der Waals surface area contributed by atoms with Crippen LogP contribution in [0, 0.1) is 6.92 Å². The number of benzene rings is 4. The van der Waals surface area contributed by atoms with Gasteiger partial charge in [0.25, 0.3) is 0 Å². The summed E-state index contributed by atoms with van der Waals surface area (Å²) >= 11 is 0. The molecule has 0 N–H and O–H groups in total. The first-order chi connectivity index (χ1) is 20.0. The highest BCUT2D eigenvalue weighted by Crippen LogP contribution is 2.41. The van der Waals surface area contributed by atoms with E-state index in [2.05, 4.69) is 151 Å². The second kappa shape index (κ2) is 10.5. The quantitative estimate of drug-likeness (QED) is 0.213. The molecule has 0 atom stereocenters. The minimum Gasteiger partial charge on any atom is -0.292 e. The molecule has 3 nitrogen and oxygen atoms in total. The van der Waals surface area contributed by atoms with E-state index < -0.39 is 0 Å². The Morgan fingerprint density at radius 2 is 1.29 bits per heavy atom. The fourth-order valence-corrected chi connectivity index (χ4v) is 6.10. The van der Waals surface area contributed by atoms with Gasteiger partial charge in [0.1, 0.15) is 5.82 Å². The van der Waals surface area contributed by atoms with Gasteiger partial charge in [-0.2, -0.15) is 0 Å². The maximum absolute atomic E-state index is 5.33. The molecule has 2 heterocycles. The third-order valence-electron chi connectivity index (χ3n) is 8.30. The number of aryl methyl sites for hydroxylation is 1. The predicted octanol–water partition coefficient (Wildman–Crippen LogP) is 10.8. The third-order valence-corrected chi connectivity index (χ3v) is 8.30. The molecule has 0 amide bonds. The molecular formula is C39H41N3. The molecule has 0 aliphatic rings. The highest BCUT2D eigenvalue weighted by Gasteiger charge is 2.25. The molecule has 6 aromatic rings. The Kier molecular flexibility index (Phi) is 7.01. The summed E-state index contributed by atoms with van der Waals surface area (Å²) in [6.07, 6.45) is 0. The van der Waals surface area contributed by atoms with Crippen LogP contribution in [0.15, 0.2) is 91.0 Å². The van der Waals surface area contributed by atoms with Crippen molar-refractivity contribution in [3.8, 4) is 28.2 Å². The van der Waals surface area contributed by atoms with Crippen molar-refractivity contribution in [1.82, 2.24) is 14.5 Å². The van der Waals surface area contributed by atoms with E-state index in [4.69, 9.17) is 9.97 Å². The van der Waals surface area contributed by atoms with Crippen molar-refractivity contribution >= 4 is 21.9 Å². The molecule has 0 saturated carbocycles. The molecule has 0 bridgehead atoms. The van der Waals surface area contributed by atoms with Crippen molar-refractivity contribution in [2.24, 2.45) is 0 Å². The van der Waals surface area contributed by atoms with Crippen molar-refractivity contribution in [2.75, 3.05) is 0 Å². The minimum atomic E-state index is -0.0740. The lowest BCUT2D eigenvalue weighted by Crippen LogP contribution is -2.13. The number of rotatable bonds is 5. The van der Waals surface area contributed by atoms with E-state index in [0.717, 1.165) is 39.0 Å². The van der Waals surface area contributed by atoms with E-state index >= 15 is 0 Å². The standard InChI is InChI=1S/C39H41N3/c1-24(2)31-21-29(27-14-10-9-11-15-27)22-32(25(3)4)37(31)42-35-17-13-12-16-34(35)41-38(42)30-20-28-19-18-26(5)40-36(28)33(23-30)39(6,7)8/h9-25H,1-8H3. The highest BCUT2D eigenvalue weighted by atomic mass is 15.1. The van der Waals surface area contributed by atoms with Crippen LogP contribution in [0.25, 0.3) is 50.1 Å². The van der Waals surface area contributed by atoms with Crippen LogP contribution < -0.4 is 0 Å². The first-order valence-corrected chi connectivity index (χ1v) is 15.2. The summed E-state index contributed by atoms with van der Waals surface area (Å²) < 4.78 is 2.43. The van der Waals surface area contributed by atoms with Gasteiger partial charge in [0, 0.05) is 16.6 Å². The van der Waals surface area contributed by atoms with Crippen LogP contribution >= 0.6 is 0 Å². The van der Waals surface area contributed by atoms with Crippen molar-refractivity contribution in [2.45, 2.75) is 72.6 Å². The van der Waals surface area contributed by atoms with Crippen LogP contribution in [-0.2, 0) is 5.41 Å². The van der Waals surface area contributed by atoms with E-state index in [9.17, 15) is 0 Å². The second-order valence-corrected chi connectivity index (χ2v) is 13.2. The summed E-state index contributed by atoms with van der Waals surface area (Å²) in [4.78, 5) is 10.3. The average molecular weight is 552 g/mol. The molecule has 0 aliphatic heterocycles. The molecule has 4 aromatic carbocycles. The summed E-state index contributed by atoms with van der Waals surface area (Å²) in [5.41, 5.74) is 13.0. The van der Waals surface area contributed by atoms with E-state index in [1.165, 1.54) is 33.5 Å². The Morgan fingerprint density at radius 1 is 0.643 bits per heavy atom. The average Bonchev–Trinajstić information content (AvgIpc) is 3.35. The SMILES string of the molecule is Cc1ccc2cc(-c3nc4ccccc4n3-c3c(C(C)C)cc(-c4ccccc4)cc3C(C)C)cc(C(C)(C)C)c2n1. The lowest BCUT2D eigenvalue weighted by Gasteiger charge is -2.25. The molecule has 2 aromatic heterocycles. The highest BCUT2D eigenvalue weighted by molar-refractivity contribution is 5.91. The lowest BCUT2D eigenvalue weighted by atomic mass is 9.84. The summed E-state index contributed by atoms with van der Waals surface area (Å²) in [7, 11) is 0. The molecule has 6 rings (SSSR count). The third kappa shape index (κ3) is 4.91. The van der Waals surface area contributed by atoms with Crippen LogP contribution in [0.1, 0.15) is 82.7 Å². The van der Waals surface area contributed by atoms with Crippen LogP contribution in [0.5, 0.6) is 0 Å². The van der Waals surface area contributed by atoms with Crippen LogP contribution in [0.3, 0.4) is 0 Å². The van der Waals surface area contributed by atoms with Gasteiger partial charge in [0.05, 0.1) is 22.2 Å². The molecule has 0 unspecified atom stereocenters. The zero-order valence-electron chi connectivity index (χ0n) is 26.2. The number of pyridine rings is 1. The second-order valence-electron chi connectivity index (χ2n) is 13.2. The van der Waals surface area contributed by atoms with E-state index in [1.54, 1.807) is 0 Å². The first kappa shape index (κ1) is 27.9. The van der Waals surface area contributed by atoms with Crippen molar-refractivity contribution in [3.63, 3.8) is 0 Å². The number of aromatic nitrogens is 3. The summed E-state index contributed by atoms with van der Waals surface area (Å²) in [5.74, 6) is 1.62. The van der Waals surface area contributed by atoms with Gasteiger partial charge in [-0.15, -0.1) is 0 Å². The summed E-state index contributed by atoms with van der Waals surface area (Å²) in [5, 5.41) is 1.15. The molecular weight excluding hydrogens is 510 g/mol. The smallest absolute Gasteiger partial charge is 0.145 e. The van der Waals surface area contributed by atoms with Gasteiger partial charge >= 0.3 is 0 Å². The van der Waals surface area contributed by atoms with Crippen molar-refractivity contribution < 1.29 is 0 Å². The molecule has 0 aliphatic carbocycles. The zero-order valence-corrected chi connectivity index (χ0v) is 26.2. The molecule has 212 valence electrons. The van der Waals surface area contributed by atoms with Gasteiger partial charge in [-0.1, -0.05) is 97.0 Å². The van der Waals surface area contributed by atoms with Crippen LogP contribution in [0.4, 0.5) is 0 Å². The number of hydrogen-bond acceptors (Lipinski definition) is 2. The number of nitrogens with zero attached hydrogens (tertiary/aromatic N) is 3. The van der Waals surface area contributed by atoms with Crippen LogP contribution in [-0.4, -0.2) is 14.5 Å². The van der Waals surface area contributed by atoms with Gasteiger partial charge < -0.3 is 0 Å². The van der Waals surface area contributed by atoms with Gasteiger partial charge in [0.2, 0.25) is 0 Å². The Morgan fingerprint density at radius 3 is 1.93 bits per heavy atom. The van der Waals surface area contributed by atoms with E-state index in [-0.39, 0.29) is 5.41 Å². The maximum atomic E-state index is 5.33. The normalized spacial score (nSPS) is 12.2. The molecule has 0 radical (unpaired) electrons. The Hall–Kier alpha value is -4.24. The molecule has 0 saturated heterocycles. The van der Waals surface area contributed by atoms with Crippen molar-refractivity contribution in [1.29, 1.82) is 0 Å². The van der Waals surface area contributed by atoms with Gasteiger partial charge in [0.15, 0.2) is 0 Å². The van der Waals surface area contributed by atoms with Crippen LogP contribution in [0.2, 0.25) is 0 Å². The maximum Gasteiger partial charge on any atom is 0.145 e. The number of para-hydroxylation sites is 2.